The third-order valence-corrected chi connectivity index (χ3v) is 8.99. The number of imidazole rings is 1. The summed E-state index contributed by atoms with van der Waals surface area (Å²) in [5, 5.41) is 0.949. The second kappa shape index (κ2) is 16.2. The van der Waals surface area contributed by atoms with Gasteiger partial charge in [-0.05, 0) is 67.7 Å². The Labute approximate surface area is 236 Å². The number of pyridine rings is 1. The van der Waals surface area contributed by atoms with E-state index in [4.69, 9.17) is 0 Å². The molecule has 1 aromatic carbocycles. The monoisotopic (exact) mass is 594 g/mol. The molecule has 4 rings (SSSR count). The van der Waals surface area contributed by atoms with Crippen molar-refractivity contribution >= 4 is 94.9 Å². The van der Waals surface area contributed by atoms with Crippen LogP contribution in [0.15, 0.2) is 52.1 Å². The molecular formula is C23H29Cl3N4S4. The van der Waals surface area contributed by atoms with Crippen LogP contribution >= 0.6 is 83.8 Å². The summed E-state index contributed by atoms with van der Waals surface area (Å²) in [6.07, 6.45) is 4.24. The number of para-hydroxylation sites is 2. The third-order valence-electron chi connectivity index (χ3n) is 4.99. The maximum atomic E-state index is 4.65. The molecule has 11 heteroatoms. The first-order chi connectivity index (χ1) is 15.2. The summed E-state index contributed by atoms with van der Waals surface area (Å²) in [5.74, 6) is 4.33. The van der Waals surface area contributed by atoms with Crippen molar-refractivity contribution in [2.24, 2.45) is 0 Å². The van der Waals surface area contributed by atoms with Crippen LogP contribution < -0.4 is 0 Å². The summed E-state index contributed by atoms with van der Waals surface area (Å²) < 4.78 is 0. The van der Waals surface area contributed by atoms with Gasteiger partial charge in [0.15, 0.2) is 5.16 Å². The van der Waals surface area contributed by atoms with Gasteiger partial charge < -0.3 is 4.98 Å². The minimum Gasteiger partial charge on any atom is -0.333 e. The Bertz CT molecular complexity index is 1100. The second-order valence-corrected chi connectivity index (χ2v) is 11.5. The number of nitrogens with one attached hydrogen (secondary N) is 1. The van der Waals surface area contributed by atoms with E-state index in [-0.39, 0.29) is 37.2 Å². The van der Waals surface area contributed by atoms with E-state index >= 15 is 0 Å². The van der Waals surface area contributed by atoms with Crippen molar-refractivity contribution in [1.29, 1.82) is 0 Å². The average Bonchev–Trinajstić information content (AvgIpc) is 3.38. The summed E-state index contributed by atoms with van der Waals surface area (Å²) >= 11 is 7.44. The van der Waals surface area contributed by atoms with E-state index in [0.29, 0.717) is 0 Å². The van der Waals surface area contributed by atoms with Crippen molar-refractivity contribution in [2.75, 3.05) is 17.3 Å². The van der Waals surface area contributed by atoms with Crippen LogP contribution in [0, 0.1) is 13.8 Å². The van der Waals surface area contributed by atoms with Gasteiger partial charge in [0.1, 0.15) is 0 Å². The van der Waals surface area contributed by atoms with Crippen LogP contribution in [-0.2, 0) is 12.2 Å². The van der Waals surface area contributed by atoms with Crippen molar-refractivity contribution in [3.05, 3.63) is 63.9 Å². The molecule has 0 radical (unpaired) electrons. The fourth-order valence-electron chi connectivity index (χ4n) is 3.18. The molecule has 0 atom stereocenters. The van der Waals surface area contributed by atoms with Crippen molar-refractivity contribution < 1.29 is 0 Å². The number of fused-ring (bicyclic) bond motifs is 1. The van der Waals surface area contributed by atoms with E-state index in [1.165, 1.54) is 33.2 Å². The normalized spacial score (nSPS) is 10.4. The Kier molecular flexibility index (Phi) is 15.0. The Balaban J connectivity index is 0.00000193. The second-order valence-electron chi connectivity index (χ2n) is 7.15. The standard InChI is InChI=1S/C23H26N4S4.3ClH/c1-16-21(14-30-23-26-19-6-3-4-7-20(19)27-23)24-10-8-22(16)29-12-5-11-28-13-9-18-17(2)31-15-25-18;;;/h3-4,6-8,10,15H,5,9,11-14H2,1-2H3,(H,26,27);3*1H. The number of thiazole rings is 1. The molecule has 0 saturated heterocycles. The zero-order valence-electron chi connectivity index (χ0n) is 19.0. The van der Waals surface area contributed by atoms with Crippen LogP contribution in [0.1, 0.15) is 28.2 Å². The van der Waals surface area contributed by atoms with E-state index in [9.17, 15) is 0 Å². The lowest BCUT2D eigenvalue weighted by Crippen LogP contribution is -1.96. The minimum absolute atomic E-state index is 0. The summed E-state index contributed by atoms with van der Waals surface area (Å²) in [7, 11) is 0. The van der Waals surface area contributed by atoms with Crippen molar-refractivity contribution in [3.8, 4) is 0 Å². The summed E-state index contributed by atoms with van der Waals surface area (Å²) in [6.45, 7) is 4.35. The van der Waals surface area contributed by atoms with E-state index < -0.39 is 0 Å². The molecule has 0 spiro atoms. The highest BCUT2D eigenvalue weighted by Gasteiger charge is 2.09. The number of nitrogens with zero attached hydrogens (tertiary/aromatic N) is 3. The number of hydrogen-bond donors (Lipinski definition) is 1. The number of halogens is 3. The molecule has 186 valence electrons. The molecule has 0 fully saturated rings. The van der Waals surface area contributed by atoms with Crippen molar-refractivity contribution in [3.63, 3.8) is 0 Å². The van der Waals surface area contributed by atoms with Gasteiger partial charge >= 0.3 is 0 Å². The van der Waals surface area contributed by atoms with E-state index in [1.54, 1.807) is 23.1 Å². The van der Waals surface area contributed by atoms with Crippen LogP contribution in [0.5, 0.6) is 0 Å². The van der Waals surface area contributed by atoms with Gasteiger partial charge in [-0.25, -0.2) is 9.97 Å². The van der Waals surface area contributed by atoms with Gasteiger partial charge in [0.25, 0.3) is 0 Å². The Morgan fingerprint density at radius 2 is 1.74 bits per heavy atom. The lowest BCUT2D eigenvalue weighted by Gasteiger charge is -2.09. The first-order valence-corrected chi connectivity index (χ1v) is 14.3. The van der Waals surface area contributed by atoms with Gasteiger partial charge in [0.2, 0.25) is 0 Å². The summed E-state index contributed by atoms with van der Waals surface area (Å²) in [4.78, 5) is 19.8. The fraction of sp³-hybridized carbons (Fsp3) is 0.348. The maximum Gasteiger partial charge on any atom is 0.166 e. The average molecular weight is 596 g/mol. The molecule has 34 heavy (non-hydrogen) atoms. The van der Waals surface area contributed by atoms with Crippen molar-refractivity contribution in [1.82, 2.24) is 19.9 Å². The molecule has 4 aromatic rings. The highest BCUT2D eigenvalue weighted by atomic mass is 35.5. The molecule has 1 N–H and O–H groups in total. The Morgan fingerprint density at radius 1 is 0.912 bits per heavy atom. The molecule has 3 heterocycles. The minimum atomic E-state index is 0. The lowest BCUT2D eigenvalue weighted by atomic mass is 10.2. The van der Waals surface area contributed by atoms with Crippen LogP contribution in [0.3, 0.4) is 0 Å². The predicted octanol–water partition coefficient (Wildman–Crippen LogP) is 8.05. The number of aryl methyl sites for hydroxylation is 2. The molecule has 0 unspecified atom stereocenters. The van der Waals surface area contributed by atoms with Gasteiger partial charge in [0.05, 0.1) is 27.9 Å². The molecule has 4 nitrogen and oxygen atoms in total. The Morgan fingerprint density at radius 3 is 2.50 bits per heavy atom. The van der Waals surface area contributed by atoms with E-state index in [2.05, 4.69) is 45.9 Å². The predicted molar refractivity (Wildman–Crippen MR) is 160 cm³/mol. The van der Waals surface area contributed by atoms with Crippen LogP contribution in [0.25, 0.3) is 11.0 Å². The van der Waals surface area contributed by atoms with Crippen LogP contribution in [0.4, 0.5) is 0 Å². The number of rotatable bonds is 11. The van der Waals surface area contributed by atoms with Gasteiger partial charge in [-0.15, -0.1) is 60.3 Å². The third kappa shape index (κ3) is 8.80. The zero-order valence-corrected chi connectivity index (χ0v) is 24.7. The van der Waals surface area contributed by atoms with Crippen molar-refractivity contribution in [2.45, 2.75) is 42.5 Å². The lowest BCUT2D eigenvalue weighted by molar-refractivity contribution is 1.04. The first-order valence-electron chi connectivity index (χ1n) is 10.3. The largest absolute Gasteiger partial charge is 0.333 e. The number of aromatic nitrogens is 4. The number of benzene rings is 1. The number of aromatic amines is 1. The SMILES string of the molecule is Cc1scnc1CCSCCCSc1ccnc(CSc2nc3ccccc3[nH]2)c1C.Cl.Cl.Cl. The first kappa shape index (κ1) is 31.4. The van der Waals surface area contributed by atoms with Gasteiger partial charge in [-0.1, -0.05) is 23.9 Å². The smallest absolute Gasteiger partial charge is 0.166 e. The highest BCUT2D eigenvalue weighted by molar-refractivity contribution is 8.00. The molecule has 0 bridgehead atoms. The maximum absolute atomic E-state index is 4.65. The van der Waals surface area contributed by atoms with Gasteiger partial charge in [0, 0.05) is 21.7 Å². The molecule has 0 amide bonds. The fourth-order valence-corrected chi connectivity index (χ4v) is 6.79. The van der Waals surface area contributed by atoms with Gasteiger partial charge in [-0.2, -0.15) is 11.8 Å². The molecule has 0 aliphatic rings. The molecule has 0 aliphatic heterocycles. The topological polar surface area (TPSA) is 54.5 Å². The molecule has 0 saturated carbocycles. The van der Waals surface area contributed by atoms with Gasteiger partial charge in [-0.3, -0.25) is 4.98 Å². The number of hydrogen-bond acceptors (Lipinski definition) is 7. The summed E-state index contributed by atoms with van der Waals surface area (Å²) in [5.41, 5.74) is 7.75. The molecule has 0 aliphatic carbocycles. The number of thioether (sulfide) groups is 3. The summed E-state index contributed by atoms with van der Waals surface area (Å²) in [6, 6.07) is 10.3. The number of H-pyrrole nitrogens is 1. The Hall–Kier alpha value is -0.610. The highest BCUT2D eigenvalue weighted by Crippen LogP contribution is 2.29. The zero-order chi connectivity index (χ0) is 21.5. The molecular weight excluding hydrogens is 567 g/mol. The van der Waals surface area contributed by atoms with Crippen LogP contribution in [0.2, 0.25) is 0 Å². The van der Waals surface area contributed by atoms with E-state index in [1.807, 2.05) is 53.4 Å². The van der Waals surface area contributed by atoms with E-state index in [0.717, 1.165) is 45.6 Å². The quantitative estimate of drug-likeness (QED) is 0.140. The van der Waals surface area contributed by atoms with Crippen LogP contribution in [-0.4, -0.2) is 37.2 Å². The molecule has 3 aromatic heterocycles.